The standard InChI is InChI=1S/C38H23N3O2/c1-2-9-24(10-3-1)31-21-27(19-25-11-4-5-12-28(25)31)41(26-16-17-36-32(20-26)30-14-8-18-40-38(30)43-36)34-23-39-22-33-29-13-6-7-15-35(29)42-37(33)34/h1-23H. The van der Waals surface area contributed by atoms with Gasteiger partial charge in [0, 0.05) is 45.3 Å². The fraction of sp³-hybridized carbons (Fsp3) is 0. The summed E-state index contributed by atoms with van der Waals surface area (Å²) in [7, 11) is 0. The number of rotatable bonds is 4. The fourth-order valence-corrected chi connectivity index (χ4v) is 6.23. The van der Waals surface area contributed by atoms with E-state index in [0.29, 0.717) is 5.71 Å². The maximum atomic E-state index is 6.54. The van der Waals surface area contributed by atoms with Gasteiger partial charge < -0.3 is 13.7 Å². The summed E-state index contributed by atoms with van der Waals surface area (Å²) in [6.45, 7) is 0. The molecule has 0 saturated carbocycles. The Hall–Kier alpha value is -5.94. The van der Waals surface area contributed by atoms with Gasteiger partial charge in [0.2, 0.25) is 5.71 Å². The Labute approximate surface area is 246 Å². The number of fused-ring (bicyclic) bond motifs is 7. The van der Waals surface area contributed by atoms with Crippen LogP contribution in [0.1, 0.15) is 0 Å². The Morgan fingerprint density at radius 2 is 1.33 bits per heavy atom. The van der Waals surface area contributed by atoms with Gasteiger partial charge in [-0.3, -0.25) is 4.98 Å². The molecule has 0 saturated heterocycles. The van der Waals surface area contributed by atoms with Crippen LogP contribution < -0.4 is 4.90 Å². The second-order valence-corrected chi connectivity index (χ2v) is 10.7. The van der Waals surface area contributed by atoms with Gasteiger partial charge in [0.15, 0.2) is 5.58 Å². The van der Waals surface area contributed by atoms with Gasteiger partial charge in [0.1, 0.15) is 16.9 Å². The van der Waals surface area contributed by atoms with Crippen LogP contribution in [0.15, 0.2) is 149 Å². The van der Waals surface area contributed by atoms with Crippen molar-refractivity contribution in [1.29, 1.82) is 0 Å². The lowest BCUT2D eigenvalue weighted by Crippen LogP contribution is -2.11. The van der Waals surface area contributed by atoms with Gasteiger partial charge in [-0.25, -0.2) is 4.98 Å². The number of aromatic nitrogens is 2. The van der Waals surface area contributed by atoms with E-state index in [2.05, 4.69) is 94.8 Å². The molecule has 43 heavy (non-hydrogen) atoms. The topological polar surface area (TPSA) is 55.3 Å². The molecule has 0 unspecified atom stereocenters. The summed E-state index contributed by atoms with van der Waals surface area (Å²) in [5.74, 6) is 0. The Morgan fingerprint density at radius 3 is 2.26 bits per heavy atom. The van der Waals surface area contributed by atoms with Gasteiger partial charge in [0.05, 0.1) is 6.20 Å². The van der Waals surface area contributed by atoms with Crippen molar-refractivity contribution in [1.82, 2.24) is 9.97 Å². The summed E-state index contributed by atoms with van der Waals surface area (Å²) >= 11 is 0. The quantitative estimate of drug-likeness (QED) is 0.217. The normalized spacial score (nSPS) is 11.7. The molecule has 202 valence electrons. The lowest BCUT2D eigenvalue weighted by molar-refractivity contribution is 0.654. The number of hydrogen-bond donors (Lipinski definition) is 0. The van der Waals surface area contributed by atoms with E-state index in [4.69, 9.17) is 13.8 Å². The number of hydrogen-bond acceptors (Lipinski definition) is 5. The van der Waals surface area contributed by atoms with E-state index < -0.39 is 0 Å². The summed E-state index contributed by atoms with van der Waals surface area (Å²) in [6, 6.07) is 41.9. The molecule has 5 aromatic carbocycles. The van der Waals surface area contributed by atoms with Crippen LogP contribution >= 0.6 is 0 Å². The van der Waals surface area contributed by atoms with Crippen molar-refractivity contribution >= 4 is 71.8 Å². The maximum Gasteiger partial charge on any atom is 0.227 e. The molecule has 0 bridgehead atoms. The molecule has 0 N–H and O–H groups in total. The molecule has 0 aliphatic rings. The third-order valence-corrected chi connectivity index (χ3v) is 8.19. The number of furan rings is 2. The third-order valence-electron chi connectivity index (χ3n) is 8.19. The molecule has 9 rings (SSSR count). The van der Waals surface area contributed by atoms with Crippen molar-refractivity contribution < 1.29 is 8.83 Å². The molecule has 0 spiro atoms. The molecule has 0 fully saturated rings. The highest BCUT2D eigenvalue weighted by atomic mass is 16.3. The molecule has 5 nitrogen and oxygen atoms in total. The average Bonchev–Trinajstić information content (AvgIpc) is 3.64. The number of nitrogens with zero attached hydrogens (tertiary/aromatic N) is 3. The summed E-state index contributed by atoms with van der Waals surface area (Å²) in [5.41, 5.74) is 8.15. The summed E-state index contributed by atoms with van der Waals surface area (Å²) in [6.07, 6.45) is 5.53. The Kier molecular flexibility index (Phi) is 5.13. The van der Waals surface area contributed by atoms with Crippen LogP contribution in [0.3, 0.4) is 0 Å². The molecule has 4 heterocycles. The molecule has 0 aliphatic carbocycles. The van der Waals surface area contributed by atoms with E-state index in [9.17, 15) is 0 Å². The van der Waals surface area contributed by atoms with Crippen LogP contribution in [0, 0.1) is 0 Å². The van der Waals surface area contributed by atoms with Crippen molar-refractivity contribution in [2.75, 3.05) is 4.90 Å². The van der Waals surface area contributed by atoms with Crippen LogP contribution in [0.25, 0.3) is 65.9 Å². The van der Waals surface area contributed by atoms with Crippen molar-refractivity contribution in [2.24, 2.45) is 0 Å². The van der Waals surface area contributed by atoms with Gasteiger partial charge in [-0.15, -0.1) is 0 Å². The minimum atomic E-state index is 0.624. The van der Waals surface area contributed by atoms with Crippen LogP contribution in [0.2, 0.25) is 0 Å². The molecule has 0 aliphatic heterocycles. The number of anilines is 3. The van der Waals surface area contributed by atoms with Gasteiger partial charge in [0.25, 0.3) is 0 Å². The lowest BCUT2D eigenvalue weighted by atomic mass is 9.96. The van der Waals surface area contributed by atoms with Crippen LogP contribution in [-0.2, 0) is 0 Å². The van der Waals surface area contributed by atoms with Crippen LogP contribution in [-0.4, -0.2) is 9.97 Å². The molecule has 5 heteroatoms. The number of para-hydroxylation sites is 1. The number of benzene rings is 5. The van der Waals surface area contributed by atoms with E-state index in [1.165, 1.54) is 5.39 Å². The molecular weight excluding hydrogens is 530 g/mol. The molecule has 4 aromatic heterocycles. The predicted molar refractivity (Wildman–Crippen MR) is 174 cm³/mol. The van der Waals surface area contributed by atoms with Gasteiger partial charge in [-0.1, -0.05) is 72.8 Å². The first kappa shape index (κ1) is 23.7. The van der Waals surface area contributed by atoms with Crippen molar-refractivity contribution in [3.05, 3.63) is 140 Å². The predicted octanol–water partition coefficient (Wildman–Crippen LogP) is 10.6. The third kappa shape index (κ3) is 3.72. The minimum absolute atomic E-state index is 0.624. The van der Waals surface area contributed by atoms with Crippen LogP contribution in [0.5, 0.6) is 0 Å². The highest BCUT2D eigenvalue weighted by Crippen LogP contribution is 2.45. The highest BCUT2D eigenvalue weighted by Gasteiger charge is 2.22. The Morgan fingerprint density at radius 1 is 0.535 bits per heavy atom. The molecule has 0 atom stereocenters. The zero-order valence-corrected chi connectivity index (χ0v) is 22.9. The first-order chi connectivity index (χ1) is 21.3. The molecule has 9 aromatic rings. The van der Waals surface area contributed by atoms with E-state index in [0.717, 1.165) is 71.9 Å². The smallest absolute Gasteiger partial charge is 0.227 e. The second-order valence-electron chi connectivity index (χ2n) is 10.7. The van der Waals surface area contributed by atoms with Gasteiger partial charge in [-0.2, -0.15) is 0 Å². The second kappa shape index (κ2) is 9.29. The van der Waals surface area contributed by atoms with Crippen LogP contribution in [0.4, 0.5) is 17.1 Å². The van der Waals surface area contributed by atoms with Gasteiger partial charge >= 0.3 is 0 Å². The average molecular weight is 554 g/mol. The van der Waals surface area contributed by atoms with E-state index in [1.807, 2.05) is 48.8 Å². The van der Waals surface area contributed by atoms with Crippen molar-refractivity contribution in [2.45, 2.75) is 0 Å². The zero-order valence-electron chi connectivity index (χ0n) is 22.9. The van der Waals surface area contributed by atoms with E-state index in [-0.39, 0.29) is 0 Å². The highest BCUT2D eigenvalue weighted by molar-refractivity contribution is 6.11. The zero-order chi connectivity index (χ0) is 28.3. The Bertz CT molecular complexity index is 2480. The Balaban J connectivity index is 1.37. The van der Waals surface area contributed by atoms with E-state index in [1.54, 1.807) is 6.20 Å². The SMILES string of the molecule is c1ccc(-c2cc(N(c3ccc4oc5ncccc5c4c3)c3cncc4c3oc3ccccc34)cc3ccccc23)cc1. The fourth-order valence-electron chi connectivity index (χ4n) is 6.23. The molecular formula is C38H23N3O2. The summed E-state index contributed by atoms with van der Waals surface area (Å²) in [4.78, 5) is 11.4. The lowest BCUT2D eigenvalue weighted by Gasteiger charge is -2.26. The first-order valence-electron chi connectivity index (χ1n) is 14.2. The number of pyridine rings is 2. The van der Waals surface area contributed by atoms with Crippen molar-refractivity contribution in [3.8, 4) is 11.1 Å². The monoisotopic (exact) mass is 553 g/mol. The summed E-state index contributed by atoms with van der Waals surface area (Å²) in [5, 5.41) is 6.33. The summed E-state index contributed by atoms with van der Waals surface area (Å²) < 4.78 is 12.6. The minimum Gasteiger partial charge on any atom is -0.454 e. The van der Waals surface area contributed by atoms with Crippen molar-refractivity contribution in [3.63, 3.8) is 0 Å². The first-order valence-corrected chi connectivity index (χ1v) is 14.2. The maximum absolute atomic E-state index is 6.54. The molecule has 0 amide bonds. The molecule has 0 radical (unpaired) electrons. The largest absolute Gasteiger partial charge is 0.454 e. The van der Waals surface area contributed by atoms with E-state index >= 15 is 0 Å². The van der Waals surface area contributed by atoms with Gasteiger partial charge in [-0.05, 0) is 70.4 Å².